The monoisotopic (exact) mass is 301 g/mol. The van der Waals surface area contributed by atoms with Crippen LogP contribution >= 0.6 is 11.6 Å². The normalized spacial score (nSPS) is 10.0. The first-order valence-corrected chi connectivity index (χ1v) is 6.80. The van der Waals surface area contributed by atoms with Gasteiger partial charge in [0, 0.05) is 21.8 Å². The van der Waals surface area contributed by atoms with E-state index in [-0.39, 0.29) is 5.91 Å². The molecule has 2 aromatic rings. The third kappa shape index (κ3) is 3.64. The smallest absolute Gasteiger partial charge is 0.255 e. The molecule has 0 aromatic heterocycles. The average Bonchev–Trinajstić information content (AvgIpc) is 2.48. The molecule has 0 saturated carbocycles. The van der Waals surface area contributed by atoms with E-state index in [1.165, 1.54) is 0 Å². The van der Waals surface area contributed by atoms with Crippen LogP contribution < -0.4 is 10.1 Å². The number of hydrogen-bond donors (Lipinski definition) is 1. The Balaban J connectivity index is 2.28. The standard InChI is InChI=1S/C17H16ClNO2/c1-11(2)15-10-14(21-3)8-9-16(15)19-17(20)12-4-6-13(18)7-5-12/h4-10H,1H2,2-3H3,(H,19,20). The van der Waals surface area contributed by atoms with Gasteiger partial charge in [0.25, 0.3) is 5.91 Å². The van der Waals surface area contributed by atoms with E-state index in [0.717, 1.165) is 16.9 Å². The number of benzene rings is 2. The summed E-state index contributed by atoms with van der Waals surface area (Å²) in [4.78, 5) is 12.2. The summed E-state index contributed by atoms with van der Waals surface area (Å²) in [5, 5.41) is 3.48. The maximum Gasteiger partial charge on any atom is 0.255 e. The van der Waals surface area contributed by atoms with Gasteiger partial charge in [0.15, 0.2) is 0 Å². The van der Waals surface area contributed by atoms with Crippen molar-refractivity contribution in [3.8, 4) is 5.75 Å². The zero-order valence-corrected chi connectivity index (χ0v) is 12.7. The van der Waals surface area contributed by atoms with Gasteiger partial charge in [0.05, 0.1) is 7.11 Å². The van der Waals surface area contributed by atoms with Crippen LogP contribution in [0.4, 0.5) is 5.69 Å². The van der Waals surface area contributed by atoms with Gasteiger partial charge in [0.2, 0.25) is 0 Å². The number of rotatable bonds is 4. The fraction of sp³-hybridized carbons (Fsp3) is 0.118. The van der Waals surface area contributed by atoms with Crippen molar-refractivity contribution in [3.63, 3.8) is 0 Å². The van der Waals surface area contributed by atoms with Crippen molar-refractivity contribution in [2.45, 2.75) is 6.92 Å². The Morgan fingerprint density at radius 1 is 1.19 bits per heavy atom. The molecule has 21 heavy (non-hydrogen) atoms. The quantitative estimate of drug-likeness (QED) is 0.894. The topological polar surface area (TPSA) is 38.3 Å². The van der Waals surface area contributed by atoms with Gasteiger partial charge in [-0.1, -0.05) is 18.2 Å². The van der Waals surface area contributed by atoms with Gasteiger partial charge in [-0.3, -0.25) is 4.79 Å². The molecule has 0 aliphatic carbocycles. The van der Waals surface area contributed by atoms with Crippen LogP contribution in [0, 0.1) is 0 Å². The lowest BCUT2D eigenvalue weighted by Crippen LogP contribution is -2.13. The summed E-state index contributed by atoms with van der Waals surface area (Å²) in [5.74, 6) is 0.525. The average molecular weight is 302 g/mol. The van der Waals surface area contributed by atoms with Crippen LogP contribution in [0.3, 0.4) is 0 Å². The van der Waals surface area contributed by atoms with Crippen molar-refractivity contribution in [3.05, 3.63) is 65.2 Å². The van der Waals surface area contributed by atoms with Crippen molar-refractivity contribution in [1.29, 1.82) is 0 Å². The second kappa shape index (κ2) is 6.46. The number of ether oxygens (including phenoxy) is 1. The van der Waals surface area contributed by atoms with Gasteiger partial charge >= 0.3 is 0 Å². The highest BCUT2D eigenvalue weighted by Crippen LogP contribution is 2.27. The Morgan fingerprint density at radius 2 is 1.86 bits per heavy atom. The predicted molar refractivity (Wildman–Crippen MR) is 87.1 cm³/mol. The molecule has 0 aliphatic heterocycles. The molecular weight excluding hydrogens is 286 g/mol. The minimum absolute atomic E-state index is 0.195. The molecule has 2 aromatic carbocycles. The molecule has 1 amide bonds. The lowest BCUT2D eigenvalue weighted by molar-refractivity contribution is 0.102. The number of methoxy groups -OCH3 is 1. The Bertz CT molecular complexity index is 678. The van der Waals surface area contributed by atoms with Gasteiger partial charge in [-0.15, -0.1) is 0 Å². The van der Waals surface area contributed by atoms with Crippen LogP contribution in [0.25, 0.3) is 5.57 Å². The zero-order valence-electron chi connectivity index (χ0n) is 11.9. The zero-order chi connectivity index (χ0) is 15.4. The summed E-state index contributed by atoms with van der Waals surface area (Å²) in [6.07, 6.45) is 0. The van der Waals surface area contributed by atoms with Gasteiger partial charge in [0.1, 0.15) is 5.75 Å². The number of anilines is 1. The van der Waals surface area contributed by atoms with E-state index in [0.29, 0.717) is 16.3 Å². The van der Waals surface area contributed by atoms with Crippen molar-refractivity contribution in [1.82, 2.24) is 0 Å². The fourth-order valence-corrected chi connectivity index (χ4v) is 2.03. The number of allylic oxidation sites excluding steroid dienone is 1. The van der Waals surface area contributed by atoms with Crippen molar-refractivity contribution >= 4 is 28.8 Å². The van der Waals surface area contributed by atoms with E-state index in [4.69, 9.17) is 16.3 Å². The summed E-state index contributed by atoms with van der Waals surface area (Å²) in [6, 6.07) is 12.2. The van der Waals surface area contributed by atoms with Gasteiger partial charge in [-0.2, -0.15) is 0 Å². The predicted octanol–water partition coefficient (Wildman–Crippen LogP) is 4.63. The number of hydrogen-bond acceptors (Lipinski definition) is 2. The summed E-state index contributed by atoms with van der Waals surface area (Å²) >= 11 is 5.82. The second-order valence-corrected chi connectivity index (χ2v) is 5.09. The highest BCUT2D eigenvalue weighted by Gasteiger charge is 2.10. The lowest BCUT2D eigenvalue weighted by Gasteiger charge is -2.12. The second-order valence-electron chi connectivity index (χ2n) is 4.65. The highest BCUT2D eigenvalue weighted by atomic mass is 35.5. The van der Waals surface area contributed by atoms with E-state index < -0.39 is 0 Å². The minimum atomic E-state index is -0.195. The molecule has 0 atom stereocenters. The summed E-state index contributed by atoms with van der Waals surface area (Å²) in [5.41, 5.74) is 2.93. The molecule has 108 valence electrons. The van der Waals surface area contributed by atoms with Crippen molar-refractivity contribution in [2.75, 3.05) is 12.4 Å². The largest absolute Gasteiger partial charge is 0.497 e. The Hall–Kier alpha value is -2.26. The molecule has 0 unspecified atom stereocenters. The number of carbonyl (C=O) groups is 1. The number of nitrogens with one attached hydrogen (secondary N) is 1. The van der Waals surface area contributed by atoms with Crippen LogP contribution in [0.15, 0.2) is 49.0 Å². The first kappa shape index (κ1) is 15.1. The lowest BCUT2D eigenvalue weighted by atomic mass is 10.1. The summed E-state index contributed by atoms with van der Waals surface area (Å²) in [6.45, 7) is 5.81. The maximum atomic E-state index is 12.2. The van der Waals surface area contributed by atoms with Gasteiger partial charge in [-0.05, 0) is 55.0 Å². The Morgan fingerprint density at radius 3 is 2.43 bits per heavy atom. The fourth-order valence-electron chi connectivity index (χ4n) is 1.91. The molecule has 0 bridgehead atoms. The maximum absolute atomic E-state index is 12.2. The minimum Gasteiger partial charge on any atom is -0.497 e. The van der Waals surface area contributed by atoms with Crippen LogP contribution in [-0.4, -0.2) is 13.0 Å². The van der Waals surface area contributed by atoms with Gasteiger partial charge < -0.3 is 10.1 Å². The van der Waals surface area contributed by atoms with Crippen LogP contribution in [-0.2, 0) is 0 Å². The van der Waals surface area contributed by atoms with Gasteiger partial charge in [-0.25, -0.2) is 0 Å². The SMILES string of the molecule is C=C(C)c1cc(OC)ccc1NC(=O)c1ccc(Cl)cc1. The first-order chi connectivity index (χ1) is 10.0. The molecule has 1 N–H and O–H groups in total. The Kier molecular flexibility index (Phi) is 4.66. The molecular formula is C17H16ClNO2. The third-order valence-electron chi connectivity index (χ3n) is 3.04. The van der Waals surface area contributed by atoms with E-state index >= 15 is 0 Å². The van der Waals surface area contributed by atoms with Crippen LogP contribution in [0.5, 0.6) is 5.75 Å². The van der Waals surface area contributed by atoms with E-state index in [1.807, 2.05) is 13.0 Å². The third-order valence-corrected chi connectivity index (χ3v) is 3.29. The first-order valence-electron chi connectivity index (χ1n) is 6.42. The molecule has 0 heterocycles. The molecule has 0 spiro atoms. The molecule has 0 radical (unpaired) electrons. The van der Waals surface area contributed by atoms with E-state index in [9.17, 15) is 4.79 Å². The number of carbonyl (C=O) groups excluding carboxylic acids is 1. The van der Waals surface area contributed by atoms with E-state index in [2.05, 4.69) is 11.9 Å². The molecule has 0 saturated heterocycles. The van der Waals surface area contributed by atoms with Crippen molar-refractivity contribution in [2.24, 2.45) is 0 Å². The summed E-state index contributed by atoms with van der Waals surface area (Å²) < 4.78 is 5.19. The highest BCUT2D eigenvalue weighted by molar-refractivity contribution is 6.30. The molecule has 0 aliphatic rings. The molecule has 3 nitrogen and oxygen atoms in total. The van der Waals surface area contributed by atoms with E-state index in [1.54, 1.807) is 43.5 Å². The number of amides is 1. The molecule has 0 fully saturated rings. The summed E-state index contributed by atoms with van der Waals surface area (Å²) in [7, 11) is 1.60. The van der Waals surface area contributed by atoms with Crippen LogP contribution in [0.2, 0.25) is 5.02 Å². The molecule has 4 heteroatoms. The number of halogens is 1. The molecule has 2 rings (SSSR count). The van der Waals surface area contributed by atoms with Crippen LogP contribution in [0.1, 0.15) is 22.8 Å². The van der Waals surface area contributed by atoms with Crippen molar-refractivity contribution < 1.29 is 9.53 Å². The Labute approximate surface area is 129 Å².